The van der Waals surface area contributed by atoms with E-state index in [9.17, 15) is 5.26 Å². The minimum Gasteiger partial charge on any atom is -0.464 e. The Balaban J connectivity index is 1.51. The van der Waals surface area contributed by atoms with E-state index in [4.69, 9.17) is 4.74 Å². The zero-order valence-corrected chi connectivity index (χ0v) is 15.6. The molecule has 2 aromatic carbocycles. The molecule has 126 valence electrons. The lowest BCUT2D eigenvalue weighted by atomic mass is 10.2. The van der Waals surface area contributed by atoms with Crippen LogP contribution in [-0.4, -0.2) is 6.23 Å². The summed E-state index contributed by atoms with van der Waals surface area (Å²) in [4.78, 5) is 2.39. The zero-order valence-electron chi connectivity index (χ0n) is 13.9. The average molecular weight is 374 g/mol. The quantitative estimate of drug-likeness (QED) is 0.427. The second-order valence-corrected chi connectivity index (χ2v) is 8.69. The van der Waals surface area contributed by atoms with E-state index >= 15 is 0 Å². The molecule has 1 aliphatic rings. The number of para-hydroxylation sites is 2. The molecule has 0 bridgehead atoms. The molecule has 1 unspecified atom stereocenters. The molecule has 5 rings (SSSR count). The smallest absolute Gasteiger partial charge is 0.206 e. The van der Waals surface area contributed by atoms with Gasteiger partial charge in [0.15, 0.2) is 0 Å². The van der Waals surface area contributed by atoms with Gasteiger partial charge in [-0.1, -0.05) is 12.1 Å². The van der Waals surface area contributed by atoms with E-state index in [0.29, 0.717) is 5.57 Å². The summed E-state index contributed by atoms with van der Waals surface area (Å²) in [5.74, 6) is 0.783. The van der Waals surface area contributed by atoms with Gasteiger partial charge in [-0.05, 0) is 60.2 Å². The molecule has 1 atom stereocenters. The van der Waals surface area contributed by atoms with Gasteiger partial charge in [0.25, 0.3) is 0 Å². The standard InChI is InChI=1S/C21H14N2OS2/c1-12-6-13-9-20-14(10-19(13)25-12)7-16(26-20)8-15(11-22)21-23-17-4-2-3-5-18(17)24-21/h2-10,21,23H,1H3/b15-8+. The Morgan fingerprint density at radius 1 is 1.12 bits per heavy atom. The van der Waals surface area contributed by atoms with Crippen LogP contribution in [-0.2, 0) is 0 Å². The van der Waals surface area contributed by atoms with Gasteiger partial charge in [-0.3, -0.25) is 0 Å². The van der Waals surface area contributed by atoms with Crippen molar-refractivity contribution in [3.8, 4) is 11.8 Å². The third-order valence-electron chi connectivity index (χ3n) is 4.43. The third kappa shape index (κ3) is 2.55. The highest BCUT2D eigenvalue weighted by atomic mass is 32.1. The van der Waals surface area contributed by atoms with Gasteiger partial charge < -0.3 is 10.1 Å². The summed E-state index contributed by atoms with van der Waals surface area (Å²) in [5, 5.41) is 15.4. The molecule has 4 aromatic rings. The largest absolute Gasteiger partial charge is 0.464 e. The van der Waals surface area contributed by atoms with Crippen molar-refractivity contribution in [1.82, 2.24) is 0 Å². The van der Waals surface area contributed by atoms with Gasteiger partial charge in [-0.15, -0.1) is 22.7 Å². The van der Waals surface area contributed by atoms with E-state index in [-0.39, 0.29) is 0 Å². The first-order chi connectivity index (χ1) is 12.7. The number of fused-ring (bicyclic) bond motifs is 3. The number of anilines is 1. The Labute approximate surface area is 158 Å². The maximum Gasteiger partial charge on any atom is 0.206 e. The summed E-state index contributed by atoms with van der Waals surface area (Å²) in [6.45, 7) is 2.14. The van der Waals surface area contributed by atoms with Crippen LogP contribution in [0.25, 0.3) is 26.2 Å². The van der Waals surface area contributed by atoms with Crippen LogP contribution in [0.4, 0.5) is 5.69 Å². The first kappa shape index (κ1) is 15.4. The normalized spacial score (nSPS) is 16.3. The van der Waals surface area contributed by atoms with Crippen molar-refractivity contribution in [2.45, 2.75) is 13.2 Å². The van der Waals surface area contributed by atoms with E-state index < -0.39 is 6.23 Å². The molecule has 5 heteroatoms. The molecule has 0 spiro atoms. The van der Waals surface area contributed by atoms with Crippen molar-refractivity contribution >= 4 is 54.6 Å². The van der Waals surface area contributed by atoms with Crippen molar-refractivity contribution < 1.29 is 4.74 Å². The molecule has 0 saturated heterocycles. The summed E-state index contributed by atoms with van der Waals surface area (Å²) in [6, 6.07) is 18.9. The third-order valence-corrected chi connectivity index (χ3v) is 6.48. The first-order valence-corrected chi connectivity index (χ1v) is 9.90. The fourth-order valence-electron chi connectivity index (χ4n) is 3.24. The SMILES string of the molecule is Cc1cc2cc3sc(/C=C(\C#N)C4Nc5ccccc5O4)cc3cc2s1. The fourth-order valence-corrected chi connectivity index (χ4v) is 5.25. The molecule has 1 aliphatic heterocycles. The van der Waals surface area contributed by atoms with Crippen LogP contribution in [0.1, 0.15) is 9.75 Å². The molecule has 0 saturated carbocycles. The van der Waals surface area contributed by atoms with Crippen molar-refractivity contribution in [3.63, 3.8) is 0 Å². The molecule has 0 fully saturated rings. The van der Waals surface area contributed by atoms with Gasteiger partial charge in [0.05, 0.1) is 11.3 Å². The van der Waals surface area contributed by atoms with Crippen LogP contribution in [0, 0.1) is 18.3 Å². The second-order valence-electron chi connectivity index (χ2n) is 6.28. The monoisotopic (exact) mass is 374 g/mol. The molecule has 0 aliphatic carbocycles. The number of hydrogen-bond acceptors (Lipinski definition) is 5. The second kappa shape index (κ2) is 5.87. The van der Waals surface area contributed by atoms with Crippen molar-refractivity contribution in [2.75, 3.05) is 5.32 Å². The lowest BCUT2D eigenvalue weighted by Crippen LogP contribution is -2.21. The highest BCUT2D eigenvalue weighted by Crippen LogP contribution is 2.36. The van der Waals surface area contributed by atoms with Gasteiger partial charge in [0.2, 0.25) is 6.23 Å². The van der Waals surface area contributed by atoms with Crippen molar-refractivity contribution in [1.29, 1.82) is 5.26 Å². The van der Waals surface area contributed by atoms with Gasteiger partial charge in [-0.25, -0.2) is 0 Å². The zero-order chi connectivity index (χ0) is 17.7. The van der Waals surface area contributed by atoms with E-state index in [1.165, 1.54) is 25.0 Å². The predicted molar refractivity (Wildman–Crippen MR) is 110 cm³/mol. The lowest BCUT2D eigenvalue weighted by molar-refractivity contribution is 0.296. The van der Waals surface area contributed by atoms with Crippen LogP contribution in [0.5, 0.6) is 5.75 Å². The van der Waals surface area contributed by atoms with Crippen LogP contribution in [0.3, 0.4) is 0 Å². The number of aryl methyl sites for hydroxylation is 1. The minimum absolute atomic E-state index is 0.436. The summed E-state index contributed by atoms with van der Waals surface area (Å²) >= 11 is 3.52. The fraction of sp³-hybridized carbons (Fsp3) is 0.0952. The van der Waals surface area contributed by atoms with Crippen LogP contribution >= 0.6 is 22.7 Å². The Morgan fingerprint density at radius 3 is 2.69 bits per heavy atom. The van der Waals surface area contributed by atoms with Crippen molar-refractivity contribution in [2.24, 2.45) is 0 Å². The molecular formula is C21H14N2OS2. The Morgan fingerprint density at radius 2 is 1.88 bits per heavy atom. The number of rotatable bonds is 2. The van der Waals surface area contributed by atoms with Crippen LogP contribution in [0.15, 0.2) is 54.1 Å². The number of nitrogens with one attached hydrogen (secondary N) is 1. The van der Waals surface area contributed by atoms with Gasteiger partial charge >= 0.3 is 0 Å². The molecule has 0 amide bonds. The number of thiophene rings is 2. The van der Waals surface area contributed by atoms with E-state index in [2.05, 4.69) is 42.6 Å². The van der Waals surface area contributed by atoms with E-state index in [0.717, 1.165) is 16.3 Å². The number of nitriles is 1. The van der Waals surface area contributed by atoms with Crippen LogP contribution < -0.4 is 10.1 Å². The number of ether oxygens (including phenoxy) is 1. The molecule has 0 radical (unpaired) electrons. The Hall–Kier alpha value is -2.81. The highest BCUT2D eigenvalue weighted by Gasteiger charge is 2.25. The lowest BCUT2D eigenvalue weighted by Gasteiger charge is -2.09. The average Bonchev–Trinajstić information content (AvgIpc) is 3.31. The predicted octanol–water partition coefficient (Wildman–Crippen LogP) is 6.16. The van der Waals surface area contributed by atoms with E-state index in [1.807, 2.05) is 41.7 Å². The maximum absolute atomic E-state index is 9.62. The number of nitrogens with zero attached hydrogens (tertiary/aromatic N) is 1. The molecular weight excluding hydrogens is 360 g/mol. The molecule has 3 heterocycles. The number of hydrogen-bond donors (Lipinski definition) is 1. The topological polar surface area (TPSA) is 45.0 Å². The highest BCUT2D eigenvalue weighted by molar-refractivity contribution is 7.21. The Bertz CT molecular complexity index is 1150. The number of benzene rings is 2. The van der Waals surface area contributed by atoms with Gasteiger partial charge in [-0.2, -0.15) is 5.26 Å². The summed E-state index contributed by atoms with van der Waals surface area (Å²) in [7, 11) is 0. The van der Waals surface area contributed by atoms with E-state index in [1.54, 1.807) is 11.3 Å². The van der Waals surface area contributed by atoms with Gasteiger partial charge in [0.1, 0.15) is 11.8 Å². The maximum atomic E-state index is 9.62. The van der Waals surface area contributed by atoms with Crippen LogP contribution in [0.2, 0.25) is 0 Å². The summed E-state index contributed by atoms with van der Waals surface area (Å²) in [6.07, 6.45) is 1.49. The van der Waals surface area contributed by atoms with Gasteiger partial charge in [0, 0.05) is 19.2 Å². The summed E-state index contributed by atoms with van der Waals surface area (Å²) in [5.41, 5.74) is 1.50. The molecule has 1 N–H and O–H groups in total. The molecule has 2 aromatic heterocycles. The Kier molecular flexibility index (Phi) is 3.49. The summed E-state index contributed by atoms with van der Waals surface area (Å²) < 4.78 is 8.42. The molecule has 3 nitrogen and oxygen atoms in total. The first-order valence-electron chi connectivity index (χ1n) is 8.27. The minimum atomic E-state index is -0.436. The van der Waals surface area contributed by atoms with Crippen molar-refractivity contribution in [3.05, 3.63) is 63.9 Å². The molecule has 26 heavy (non-hydrogen) atoms.